The summed E-state index contributed by atoms with van der Waals surface area (Å²) >= 11 is 0. The monoisotopic (exact) mass is 404 g/mol. The van der Waals surface area contributed by atoms with Crippen LogP contribution in [-0.4, -0.2) is 39.8 Å². The third kappa shape index (κ3) is 12.9. The van der Waals surface area contributed by atoms with Crippen LogP contribution in [-0.2, 0) is 13.3 Å². The van der Waals surface area contributed by atoms with Crippen molar-refractivity contribution < 1.29 is 13.3 Å². The normalized spacial score (nSPS) is 12.0. The summed E-state index contributed by atoms with van der Waals surface area (Å²) in [4.78, 5) is 0. The molecule has 0 saturated heterocycles. The third-order valence-corrected chi connectivity index (χ3v) is 13.6. The van der Waals surface area contributed by atoms with Crippen LogP contribution in [0.1, 0.15) is 59.8 Å². The maximum absolute atomic E-state index is 5.84. The van der Waals surface area contributed by atoms with Crippen molar-refractivity contribution in [2.45, 2.75) is 59.8 Å². The second-order valence-corrected chi connectivity index (χ2v) is 13.8. The molecule has 0 bridgehead atoms. The van der Waals surface area contributed by atoms with Gasteiger partial charge in [-0.25, -0.2) is 0 Å². The van der Waals surface area contributed by atoms with Crippen molar-refractivity contribution in [3.8, 4) is 0 Å². The molecule has 22 heavy (non-hydrogen) atoms. The summed E-state index contributed by atoms with van der Waals surface area (Å²) in [6.45, 7) is 10.2. The van der Waals surface area contributed by atoms with E-state index in [1.807, 2.05) is 51.2 Å². The molecular weight excluding hydrogens is 373 g/mol. The van der Waals surface area contributed by atoms with Gasteiger partial charge < -0.3 is 13.3 Å². The first kappa shape index (κ1) is 23.5. The Labute approximate surface area is 153 Å². The molecule has 0 aliphatic heterocycles. The van der Waals surface area contributed by atoms with E-state index >= 15 is 0 Å². The fourth-order valence-electron chi connectivity index (χ4n) is 1.84. The number of rotatable bonds is 17. The summed E-state index contributed by atoms with van der Waals surface area (Å²) in [5, 5.41) is 0.817. The van der Waals surface area contributed by atoms with Crippen molar-refractivity contribution in [3.63, 3.8) is 0 Å². The molecule has 0 amide bonds. The first-order chi connectivity index (χ1) is 10.7. The lowest BCUT2D eigenvalue weighted by Gasteiger charge is -2.27. The van der Waals surface area contributed by atoms with E-state index in [0.29, 0.717) is 19.8 Å². The van der Waals surface area contributed by atoms with Crippen molar-refractivity contribution in [3.05, 3.63) is 0 Å². The van der Waals surface area contributed by atoms with Crippen molar-refractivity contribution in [2.24, 2.45) is 0 Å². The largest absolute Gasteiger partial charge is 0.512 e. The summed E-state index contributed by atoms with van der Waals surface area (Å²) < 4.78 is 17.5. The molecule has 0 heterocycles. The van der Waals surface area contributed by atoms with Crippen molar-refractivity contribution >= 4 is 50.0 Å². The number of hydrogen-bond donors (Lipinski definition) is 0. The Bertz CT molecular complexity index is 221. The maximum Gasteiger partial charge on any atom is 0.512 e. The van der Waals surface area contributed by atoms with Crippen LogP contribution in [0.15, 0.2) is 0 Å². The van der Waals surface area contributed by atoms with E-state index in [1.54, 1.807) is 10.8 Å². The van der Waals surface area contributed by atoms with E-state index < -0.39 is 8.80 Å². The van der Waals surface area contributed by atoms with Crippen LogP contribution in [0.25, 0.3) is 0 Å². The van der Waals surface area contributed by atoms with Crippen LogP contribution in [0.4, 0.5) is 0 Å². The molecule has 0 aliphatic carbocycles. The fraction of sp³-hybridized carbons (Fsp3) is 1.00. The minimum absolute atomic E-state index is 0.650. The number of unbranched alkanes of at least 4 members (excludes halogenated alkanes) is 4. The van der Waals surface area contributed by atoms with Crippen LogP contribution in [0.5, 0.6) is 0 Å². The summed E-state index contributed by atoms with van der Waals surface area (Å²) in [5.74, 6) is 1.24. The van der Waals surface area contributed by atoms with Gasteiger partial charge in [0.2, 0.25) is 0 Å². The molecule has 0 atom stereocenters. The highest BCUT2D eigenvalue weighted by Crippen LogP contribution is 2.44. The van der Waals surface area contributed by atoms with Crippen LogP contribution in [0.3, 0.4) is 0 Å². The molecule has 0 N–H and O–H groups in total. The van der Waals surface area contributed by atoms with Gasteiger partial charge in [0, 0.05) is 25.6 Å². The molecule has 0 fully saturated rings. The van der Waals surface area contributed by atoms with Gasteiger partial charge in [-0.2, -0.15) is 0 Å². The minimum atomic E-state index is -2.47. The third-order valence-electron chi connectivity index (χ3n) is 2.78. The average Bonchev–Trinajstić information content (AvgIpc) is 2.50. The lowest BCUT2D eigenvalue weighted by atomic mass is 10.2. The molecule has 0 aliphatic rings. The Balaban J connectivity index is 3.70. The zero-order valence-electron chi connectivity index (χ0n) is 14.4. The quantitative estimate of drug-likeness (QED) is 0.161. The predicted octanol–water partition coefficient (Wildman–Crippen LogP) is 6.22. The number of hydrogen-bond acceptors (Lipinski definition) is 7. The molecule has 134 valence electrons. The van der Waals surface area contributed by atoms with Gasteiger partial charge in [0.05, 0.1) is 5.38 Å². The van der Waals surface area contributed by atoms with E-state index in [4.69, 9.17) is 13.3 Å². The standard InChI is InChI=1S/C14H32O3S4Si/c1-5-9-10-11-12-13-18-20-21-19-14-22(15-6-2,16-7-3)17-8-4/h5-14H2,1-4H3. The van der Waals surface area contributed by atoms with Crippen LogP contribution >= 0.6 is 41.2 Å². The van der Waals surface area contributed by atoms with Crippen molar-refractivity contribution in [2.75, 3.05) is 30.9 Å². The molecule has 0 rings (SSSR count). The lowest BCUT2D eigenvalue weighted by Crippen LogP contribution is -2.48. The molecule has 0 unspecified atom stereocenters. The molecule has 0 aromatic rings. The lowest BCUT2D eigenvalue weighted by molar-refractivity contribution is 0.0774. The van der Waals surface area contributed by atoms with E-state index in [0.717, 1.165) is 5.38 Å². The average molecular weight is 405 g/mol. The molecular formula is C14H32O3S4Si. The molecule has 3 nitrogen and oxygen atoms in total. The van der Waals surface area contributed by atoms with Gasteiger partial charge in [-0.15, -0.1) is 0 Å². The molecule has 0 spiro atoms. The summed E-state index contributed by atoms with van der Waals surface area (Å²) in [5.41, 5.74) is 0. The van der Waals surface area contributed by atoms with Gasteiger partial charge in [-0.1, -0.05) is 54.2 Å². The Morgan fingerprint density at radius 3 is 1.77 bits per heavy atom. The topological polar surface area (TPSA) is 27.7 Å². The van der Waals surface area contributed by atoms with Crippen LogP contribution in [0, 0.1) is 0 Å². The fourth-order valence-corrected chi connectivity index (χ4v) is 12.9. The Kier molecular flexibility index (Phi) is 18.5. The highest BCUT2D eigenvalue weighted by atomic mass is 33.7. The van der Waals surface area contributed by atoms with E-state index in [1.165, 1.54) is 37.9 Å². The highest BCUT2D eigenvalue weighted by Gasteiger charge is 2.40. The van der Waals surface area contributed by atoms with Gasteiger partial charge in [-0.05, 0) is 46.8 Å². The minimum Gasteiger partial charge on any atom is -0.373 e. The Hall–Kier alpha value is 1.50. The van der Waals surface area contributed by atoms with Gasteiger partial charge >= 0.3 is 8.80 Å². The zero-order valence-corrected chi connectivity index (χ0v) is 18.7. The van der Waals surface area contributed by atoms with Crippen LogP contribution in [0.2, 0.25) is 0 Å². The SMILES string of the molecule is CCCCCCCSSSSC[Si](OCC)(OCC)OCC. The first-order valence-electron chi connectivity index (χ1n) is 8.24. The Morgan fingerprint density at radius 2 is 1.23 bits per heavy atom. The second-order valence-electron chi connectivity index (χ2n) is 4.62. The summed E-state index contributed by atoms with van der Waals surface area (Å²) in [7, 11) is 4.97. The van der Waals surface area contributed by atoms with Gasteiger partial charge in [-0.3, -0.25) is 0 Å². The van der Waals surface area contributed by atoms with Crippen LogP contribution < -0.4 is 0 Å². The second kappa shape index (κ2) is 17.3. The highest BCUT2D eigenvalue weighted by molar-refractivity contribution is 9.26. The summed E-state index contributed by atoms with van der Waals surface area (Å²) in [6.07, 6.45) is 6.78. The van der Waals surface area contributed by atoms with Gasteiger partial charge in [0.1, 0.15) is 0 Å². The maximum atomic E-state index is 5.84. The van der Waals surface area contributed by atoms with Gasteiger partial charge in [0.15, 0.2) is 0 Å². The van der Waals surface area contributed by atoms with Crippen molar-refractivity contribution in [1.29, 1.82) is 0 Å². The molecule has 0 aromatic carbocycles. The summed E-state index contributed by atoms with van der Waals surface area (Å²) in [6, 6.07) is 0. The van der Waals surface area contributed by atoms with E-state index in [2.05, 4.69) is 6.92 Å². The van der Waals surface area contributed by atoms with E-state index in [-0.39, 0.29) is 0 Å². The first-order valence-corrected chi connectivity index (χ1v) is 15.3. The molecule has 8 heteroatoms. The molecule has 0 radical (unpaired) electrons. The van der Waals surface area contributed by atoms with E-state index in [9.17, 15) is 0 Å². The smallest absolute Gasteiger partial charge is 0.373 e. The van der Waals surface area contributed by atoms with Gasteiger partial charge in [0.25, 0.3) is 0 Å². The molecule has 0 aromatic heterocycles. The predicted molar refractivity (Wildman–Crippen MR) is 109 cm³/mol. The Morgan fingerprint density at radius 1 is 0.682 bits per heavy atom. The van der Waals surface area contributed by atoms with Crippen molar-refractivity contribution in [1.82, 2.24) is 0 Å². The zero-order chi connectivity index (χ0) is 16.5. The molecule has 0 saturated carbocycles.